The Morgan fingerprint density at radius 2 is 1.84 bits per heavy atom. The SMILES string of the molecule is N#Cc1ccc(C(=O)Nc2n[nH]c3ccc(Cc4cc(F)cc(F)c4)cc23)c([N+](=O)[O-])c1. The zero-order valence-electron chi connectivity index (χ0n) is 16.2. The second kappa shape index (κ2) is 8.23. The van der Waals surface area contributed by atoms with Gasteiger partial charge in [-0.15, -0.1) is 0 Å². The van der Waals surface area contributed by atoms with E-state index < -0.39 is 28.2 Å². The minimum Gasteiger partial charge on any atom is -0.304 e. The average molecular weight is 433 g/mol. The van der Waals surface area contributed by atoms with E-state index in [1.165, 1.54) is 24.3 Å². The summed E-state index contributed by atoms with van der Waals surface area (Å²) in [5.74, 6) is -1.99. The number of H-pyrrole nitrogens is 1. The Labute approximate surface area is 179 Å². The van der Waals surface area contributed by atoms with E-state index in [0.717, 1.165) is 12.1 Å². The number of nitrogens with zero attached hydrogens (tertiary/aromatic N) is 3. The van der Waals surface area contributed by atoms with E-state index in [1.807, 2.05) is 0 Å². The highest BCUT2D eigenvalue weighted by atomic mass is 19.1. The summed E-state index contributed by atoms with van der Waals surface area (Å²) in [7, 11) is 0. The fraction of sp³-hybridized carbons (Fsp3) is 0.0455. The van der Waals surface area contributed by atoms with Crippen LogP contribution in [0.25, 0.3) is 10.9 Å². The van der Waals surface area contributed by atoms with Gasteiger partial charge >= 0.3 is 0 Å². The van der Waals surface area contributed by atoms with Crippen molar-refractivity contribution in [2.45, 2.75) is 6.42 Å². The molecule has 1 amide bonds. The number of nitro groups is 1. The molecule has 0 radical (unpaired) electrons. The van der Waals surface area contributed by atoms with Gasteiger partial charge in [-0.25, -0.2) is 8.78 Å². The summed E-state index contributed by atoms with van der Waals surface area (Å²) in [6, 6.07) is 13.7. The first-order valence-electron chi connectivity index (χ1n) is 9.26. The smallest absolute Gasteiger partial charge is 0.283 e. The van der Waals surface area contributed by atoms with E-state index >= 15 is 0 Å². The van der Waals surface area contributed by atoms with Gasteiger partial charge in [0.1, 0.15) is 17.2 Å². The first kappa shape index (κ1) is 20.6. The third-order valence-electron chi connectivity index (χ3n) is 4.76. The van der Waals surface area contributed by atoms with Gasteiger partial charge in [0.2, 0.25) is 0 Å². The standard InChI is InChI=1S/C22H13F2N5O3/c23-15-6-14(7-16(24)10-15)5-12-2-4-19-18(8-12)21(28-27-19)26-22(30)17-3-1-13(11-25)9-20(17)29(31)32/h1-4,6-10H,5H2,(H2,26,27,28,30). The van der Waals surface area contributed by atoms with Crippen LogP contribution in [-0.2, 0) is 6.42 Å². The van der Waals surface area contributed by atoms with E-state index in [-0.39, 0.29) is 23.4 Å². The number of hydrogen-bond donors (Lipinski definition) is 2. The molecule has 158 valence electrons. The number of aromatic nitrogens is 2. The Morgan fingerprint density at radius 1 is 1.09 bits per heavy atom. The maximum Gasteiger partial charge on any atom is 0.283 e. The largest absolute Gasteiger partial charge is 0.304 e. The van der Waals surface area contributed by atoms with Gasteiger partial charge in [-0.05, 0) is 53.9 Å². The number of nitro benzene ring substituents is 1. The molecule has 8 nitrogen and oxygen atoms in total. The minimum atomic E-state index is -0.771. The molecule has 32 heavy (non-hydrogen) atoms. The number of hydrogen-bond acceptors (Lipinski definition) is 5. The summed E-state index contributed by atoms with van der Waals surface area (Å²) >= 11 is 0. The molecule has 0 bridgehead atoms. The highest BCUT2D eigenvalue weighted by molar-refractivity contribution is 6.10. The molecule has 0 fully saturated rings. The van der Waals surface area contributed by atoms with E-state index in [4.69, 9.17) is 5.26 Å². The Hall–Kier alpha value is -4.65. The molecule has 4 aromatic rings. The number of halogens is 2. The number of nitrogens with one attached hydrogen (secondary N) is 2. The third-order valence-corrected chi connectivity index (χ3v) is 4.76. The van der Waals surface area contributed by atoms with Crippen molar-refractivity contribution in [3.05, 3.63) is 98.6 Å². The lowest BCUT2D eigenvalue weighted by molar-refractivity contribution is -0.385. The van der Waals surface area contributed by atoms with Gasteiger partial charge in [0, 0.05) is 17.5 Å². The summed E-state index contributed by atoms with van der Waals surface area (Å²) in [5.41, 5.74) is 1.06. The Morgan fingerprint density at radius 3 is 2.53 bits per heavy atom. The van der Waals surface area contributed by atoms with Crippen LogP contribution in [-0.4, -0.2) is 21.0 Å². The molecule has 0 atom stereocenters. The van der Waals surface area contributed by atoms with E-state index in [9.17, 15) is 23.7 Å². The maximum atomic E-state index is 13.5. The number of carbonyl (C=O) groups excluding carboxylic acids is 1. The highest BCUT2D eigenvalue weighted by Crippen LogP contribution is 2.26. The fourth-order valence-corrected chi connectivity index (χ4v) is 3.33. The number of amides is 1. The molecule has 0 saturated heterocycles. The number of aromatic amines is 1. The second-order valence-electron chi connectivity index (χ2n) is 6.96. The number of rotatable bonds is 5. The molecule has 2 N–H and O–H groups in total. The molecular weight excluding hydrogens is 420 g/mol. The summed E-state index contributed by atoms with van der Waals surface area (Å²) in [5, 5.41) is 30.1. The quantitative estimate of drug-likeness (QED) is 0.355. The topological polar surface area (TPSA) is 125 Å². The molecule has 0 aliphatic carbocycles. The highest BCUT2D eigenvalue weighted by Gasteiger charge is 2.22. The van der Waals surface area contributed by atoms with Crippen molar-refractivity contribution < 1.29 is 18.5 Å². The minimum absolute atomic E-state index is 0.0527. The average Bonchev–Trinajstić information content (AvgIpc) is 3.14. The van der Waals surface area contributed by atoms with Crippen LogP contribution in [0.1, 0.15) is 27.0 Å². The first-order valence-corrected chi connectivity index (χ1v) is 9.26. The van der Waals surface area contributed by atoms with Gasteiger partial charge in [-0.1, -0.05) is 6.07 Å². The molecule has 0 aliphatic heterocycles. The van der Waals surface area contributed by atoms with Crippen molar-refractivity contribution in [1.29, 1.82) is 5.26 Å². The van der Waals surface area contributed by atoms with Crippen LogP contribution in [0.2, 0.25) is 0 Å². The van der Waals surface area contributed by atoms with Gasteiger partial charge < -0.3 is 5.32 Å². The number of benzene rings is 3. The lowest BCUT2D eigenvalue weighted by Gasteiger charge is -2.06. The van der Waals surface area contributed by atoms with Crippen LogP contribution >= 0.6 is 0 Å². The number of fused-ring (bicyclic) bond motifs is 1. The van der Waals surface area contributed by atoms with Gasteiger partial charge in [-0.2, -0.15) is 10.4 Å². The molecule has 4 rings (SSSR count). The molecular formula is C22H13F2N5O3. The van der Waals surface area contributed by atoms with Crippen LogP contribution in [0.3, 0.4) is 0 Å². The first-order chi connectivity index (χ1) is 15.3. The van der Waals surface area contributed by atoms with Crippen molar-refractivity contribution in [2.75, 3.05) is 5.32 Å². The lowest BCUT2D eigenvalue weighted by Crippen LogP contribution is -2.14. The zero-order valence-corrected chi connectivity index (χ0v) is 16.2. The van der Waals surface area contributed by atoms with Gasteiger partial charge in [0.05, 0.1) is 22.1 Å². The molecule has 1 heterocycles. The van der Waals surface area contributed by atoms with Crippen LogP contribution in [0.4, 0.5) is 20.3 Å². The molecule has 1 aromatic heterocycles. The van der Waals surface area contributed by atoms with Gasteiger partial charge in [-0.3, -0.25) is 20.0 Å². The monoisotopic (exact) mass is 433 g/mol. The van der Waals surface area contributed by atoms with Crippen molar-refractivity contribution in [1.82, 2.24) is 10.2 Å². The Balaban J connectivity index is 1.64. The van der Waals surface area contributed by atoms with E-state index in [2.05, 4.69) is 15.5 Å². The van der Waals surface area contributed by atoms with E-state index in [1.54, 1.807) is 24.3 Å². The fourth-order valence-electron chi connectivity index (χ4n) is 3.33. The maximum absolute atomic E-state index is 13.5. The van der Waals surface area contributed by atoms with Crippen LogP contribution < -0.4 is 5.32 Å². The summed E-state index contributed by atoms with van der Waals surface area (Å²) in [6.07, 6.45) is 0.240. The number of anilines is 1. The van der Waals surface area contributed by atoms with Gasteiger partial charge in [0.25, 0.3) is 11.6 Å². The number of carbonyl (C=O) groups is 1. The van der Waals surface area contributed by atoms with Gasteiger partial charge in [0.15, 0.2) is 5.82 Å². The van der Waals surface area contributed by atoms with Crippen molar-refractivity contribution >= 4 is 28.3 Å². The summed E-state index contributed by atoms with van der Waals surface area (Å²) < 4.78 is 26.9. The molecule has 0 unspecified atom stereocenters. The number of nitriles is 1. The second-order valence-corrected chi connectivity index (χ2v) is 6.96. The molecule has 3 aromatic carbocycles. The van der Waals surface area contributed by atoms with E-state index in [0.29, 0.717) is 22.0 Å². The van der Waals surface area contributed by atoms with Crippen LogP contribution in [0.15, 0.2) is 54.6 Å². The summed E-state index contributed by atoms with van der Waals surface area (Å²) in [4.78, 5) is 23.3. The summed E-state index contributed by atoms with van der Waals surface area (Å²) in [6.45, 7) is 0. The molecule has 0 spiro atoms. The Bertz CT molecular complexity index is 1400. The van der Waals surface area contributed by atoms with Crippen molar-refractivity contribution in [2.24, 2.45) is 0 Å². The molecule has 10 heteroatoms. The van der Waals surface area contributed by atoms with Crippen molar-refractivity contribution in [3.8, 4) is 6.07 Å². The predicted octanol–water partition coefficient (Wildman–Crippen LogP) is 4.46. The van der Waals surface area contributed by atoms with Crippen molar-refractivity contribution in [3.63, 3.8) is 0 Å². The lowest BCUT2D eigenvalue weighted by atomic mass is 10.0. The Kier molecular flexibility index (Phi) is 5.30. The zero-order chi connectivity index (χ0) is 22.8. The molecule has 0 aliphatic rings. The van der Waals surface area contributed by atoms with Crippen LogP contribution in [0.5, 0.6) is 0 Å². The normalized spacial score (nSPS) is 10.7. The molecule has 0 saturated carbocycles. The third kappa shape index (κ3) is 4.13. The predicted molar refractivity (Wildman–Crippen MR) is 111 cm³/mol. The van der Waals surface area contributed by atoms with Crippen LogP contribution in [0, 0.1) is 33.1 Å².